The molecule has 0 N–H and O–H groups in total. The van der Waals surface area contributed by atoms with Gasteiger partial charge in [0.25, 0.3) is 0 Å². The molecule has 92 valence electrons. The maximum Gasteiger partial charge on any atom is -0.00854 e. The standard InChI is InChI=1S/C16H20.HI/c1-13(2)16(3)11-9-15(10-12-16)14-7-5-4-6-8-14;/h4-11,13H,12H2,1-3H3;1H. The topological polar surface area (TPSA) is 0 Å². The van der Waals surface area contributed by atoms with Gasteiger partial charge in [-0.2, -0.15) is 0 Å². The molecule has 17 heavy (non-hydrogen) atoms. The lowest BCUT2D eigenvalue weighted by Gasteiger charge is -2.32. The molecule has 0 spiro atoms. The third kappa shape index (κ3) is 3.21. The molecule has 0 aliphatic heterocycles. The minimum absolute atomic E-state index is 0. The number of halogens is 1. The van der Waals surface area contributed by atoms with Crippen molar-refractivity contribution in [2.24, 2.45) is 11.3 Å². The first-order valence-corrected chi connectivity index (χ1v) is 6.07. The Balaban J connectivity index is 0.00000144. The maximum absolute atomic E-state index is 2.38. The first kappa shape index (κ1) is 14.5. The van der Waals surface area contributed by atoms with Crippen LogP contribution in [0.3, 0.4) is 0 Å². The molecular weight excluding hydrogens is 319 g/mol. The van der Waals surface area contributed by atoms with Crippen molar-refractivity contribution in [3.05, 3.63) is 54.1 Å². The van der Waals surface area contributed by atoms with Crippen LogP contribution >= 0.6 is 24.0 Å². The Morgan fingerprint density at radius 3 is 2.24 bits per heavy atom. The van der Waals surface area contributed by atoms with Crippen molar-refractivity contribution < 1.29 is 0 Å². The van der Waals surface area contributed by atoms with Crippen LogP contribution in [0.2, 0.25) is 0 Å². The summed E-state index contributed by atoms with van der Waals surface area (Å²) in [5, 5.41) is 0. The smallest absolute Gasteiger partial charge is 0.00854 e. The van der Waals surface area contributed by atoms with Crippen LogP contribution in [0.1, 0.15) is 32.8 Å². The van der Waals surface area contributed by atoms with Gasteiger partial charge < -0.3 is 0 Å². The van der Waals surface area contributed by atoms with Crippen LogP contribution in [-0.4, -0.2) is 0 Å². The van der Waals surface area contributed by atoms with E-state index in [4.69, 9.17) is 0 Å². The van der Waals surface area contributed by atoms with Crippen molar-refractivity contribution in [3.8, 4) is 0 Å². The van der Waals surface area contributed by atoms with Crippen molar-refractivity contribution >= 4 is 29.5 Å². The molecule has 0 fully saturated rings. The van der Waals surface area contributed by atoms with E-state index in [1.165, 1.54) is 11.1 Å². The van der Waals surface area contributed by atoms with E-state index in [2.05, 4.69) is 69.3 Å². The minimum Gasteiger partial charge on any atom is -0.107 e. The fraction of sp³-hybridized carbons (Fsp3) is 0.375. The predicted molar refractivity (Wildman–Crippen MR) is 86.5 cm³/mol. The Morgan fingerprint density at radius 2 is 1.76 bits per heavy atom. The zero-order valence-corrected chi connectivity index (χ0v) is 13.1. The molecule has 0 bridgehead atoms. The average Bonchev–Trinajstić information content (AvgIpc) is 2.31. The second kappa shape index (κ2) is 5.85. The van der Waals surface area contributed by atoms with Crippen molar-refractivity contribution in [1.29, 1.82) is 0 Å². The van der Waals surface area contributed by atoms with E-state index < -0.39 is 0 Å². The monoisotopic (exact) mass is 340 g/mol. The molecule has 1 aliphatic rings. The van der Waals surface area contributed by atoms with Crippen molar-refractivity contribution in [2.45, 2.75) is 27.2 Å². The van der Waals surface area contributed by atoms with Crippen molar-refractivity contribution in [2.75, 3.05) is 0 Å². The highest BCUT2D eigenvalue weighted by Crippen LogP contribution is 2.38. The van der Waals surface area contributed by atoms with Crippen LogP contribution in [0.15, 0.2) is 48.6 Å². The Bertz CT molecular complexity index is 414. The number of rotatable bonds is 2. The molecule has 1 aliphatic carbocycles. The van der Waals surface area contributed by atoms with Gasteiger partial charge in [0.1, 0.15) is 0 Å². The molecule has 0 saturated carbocycles. The third-order valence-corrected chi connectivity index (χ3v) is 3.83. The summed E-state index contributed by atoms with van der Waals surface area (Å²) in [5.74, 6) is 0.692. The molecule has 2 rings (SSSR count). The largest absolute Gasteiger partial charge is 0.107 e. The van der Waals surface area contributed by atoms with Gasteiger partial charge >= 0.3 is 0 Å². The van der Waals surface area contributed by atoms with Gasteiger partial charge in [-0.1, -0.05) is 69.3 Å². The van der Waals surface area contributed by atoms with E-state index in [0.717, 1.165) is 6.42 Å². The molecule has 0 amide bonds. The van der Waals surface area contributed by atoms with Crippen LogP contribution in [-0.2, 0) is 0 Å². The van der Waals surface area contributed by atoms with Gasteiger partial charge in [-0.25, -0.2) is 0 Å². The van der Waals surface area contributed by atoms with Crippen molar-refractivity contribution in [3.63, 3.8) is 0 Å². The van der Waals surface area contributed by atoms with Crippen LogP contribution in [0.25, 0.3) is 5.57 Å². The van der Waals surface area contributed by atoms with Gasteiger partial charge in [-0.3, -0.25) is 0 Å². The fourth-order valence-electron chi connectivity index (χ4n) is 2.02. The summed E-state index contributed by atoms with van der Waals surface area (Å²) in [5.41, 5.74) is 3.02. The molecule has 1 unspecified atom stereocenters. The van der Waals surface area contributed by atoms with E-state index in [-0.39, 0.29) is 24.0 Å². The fourth-order valence-corrected chi connectivity index (χ4v) is 2.02. The van der Waals surface area contributed by atoms with Gasteiger partial charge in [0.05, 0.1) is 0 Å². The second-order valence-electron chi connectivity index (χ2n) is 5.22. The highest BCUT2D eigenvalue weighted by molar-refractivity contribution is 14.0. The van der Waals surface area contributed by atoms with Crippen LogP contribution < -0.4 is 0 Å². The molecule has 1 heteroatoms. The van der Waals surface area contributed by atoms with E-state index in [9.17, 15) is 0 Å². The Morgan fingerprint density at radius 1 is 1.12 bits per heavy atom. The highest BCUT2D eigenvalue weighted by Gasteiger charge is 2.26. The van der Waals surface area contributed by atoms with Crippen LogP contribution in [0.4, 0.5) is 0 Å². The molecule has 1 aromatic carbocycles. The lowest BCUT2D eigenvalue weighted by molar-refractivity contribution is 0.300. The first-order valence-electron chi connectivity index (χ1n) is 6.07. The summed E-state index contributed by atoms with van der Waals surface area (Å²) >= 11 is 0. The summed E-state index contributed by atoms with van der Waals surface area (Å²) in [4.78, 5) is 0. The van der Waals surface area contributed by atoms with Gasteiger partial charge in [0, 0.05) is 0 Å². The van der Waals surface area contributed by atoms with Crippen LogP contribution in [0.5, 0.6) is 0 Å². The lowest BCUT2D eigenvalue weighted by Crippen LogP contribution is -2.21. The van der Waals surface area contributed by atoms with Gasteiger partial charge in [0.15, 0.2) is 0 Å². The second-order valence-corrected chi connectivity index (χ2v) is 5.22. The quantitative estimate of drug-likeness (QED) is 0.640. The summed E-state index contributed by atoms with van der Waals surface area (Å²) in [6.45, 7) is 6.93. The SMILES string of the molecule is CC(C)C1(C)C=CC(c2ccccc2)=CC1.I. The van der Waals surface area contributed by atoms with E-state index in [0.29, 0.717) is 11.3 Å². The van der Waals surface area contributed by atoms with Gasteiger partial charge in [0.2, 0.25) is 0 Å². The molecule has 0 radical (unpaired) electrons. The number of hydrogen-bond donors (Lipinski definition) is 0. The van der Waals surface area contributed by atoms with Gasteiger partial charge in [-0.05, 0) is 28.9 Å². The predicted octanol–water partition coefficient (Wildman–Crippen LogP) is 5.31. The normalized spacial score (nSPS) is 23.2. The molecule has 1 aromatic rings. The molecule has 0 saturated heterocycles. The lowest BCUT2D eigenvalue weighted by atomic mass is 9.73. The van der Waals surface area contributed by atoms with Crippen LogP contribution in [0, 0.1) is 11.3 Å². The zero-order chi connectivity index (χ0) is 11.6. The molecule has 0 nitrogen and oxygen atoms in total. The Labute approximate surface area is 122 Å². The Hall–Kier alpha value is -0.570. The molecular formula is C16H21I. The summed E-state index contributed by atoms with van der Waals surface area (Å²) < 4.78 is 0. The third-order valence-electron chi connectivity index (χ3n) is 3.83. The highest BCUT2D eigenvalue weighted by atomic mass is 127. The summed E-state index contributed by atoms with van der Waals surface area (Å²) in [6, 6.07) is 10.6. The zero-order valence-electron chi connectivity index (χ0n) is 10.8. The average molecular weight is 340 g/mol. The van der Waals surface area contributed by atoms with E-state index in [1.807, 2.05) is 0 Å². The van der Waals surface area contributed by atoms with E-state index in [1.54, 1.807) is 0 Å². The first-order chi connectivity index (χ1) is 7.62. The Kier molecular flexibility index (Phi) is 4.99. The molecule has 0 heterocycles. The van der Waals surface area contributed by atoms with E-state index >= 15 is 0 Å². The maximum atomic E-state index is 2.38. The minimum atomic E-state index is 0. The number of hydrogen-bond acceptors (Lipinski definition) is 0. The molecule has 0 aromatic heterocycles. The van der Waals surface area contributed by atoms with Crippen molar-refractivity contribution in [1.82, 2.24) is 0 Å². The summed E-state index contributed by atoms with van der Waals surface area (Å²) in [6.07, 6.45) is 8.17. The number of allylic oxidation sites excluding steroid dienone is 4. The summed E-state index contributed by atoms with van der Waals surface area (Å²) in [7, 11) is 0. The number of benzene rings is 1. The molecule has 1 atom stereocenters. The van der Waals surface area contributed by atoms with Gasteiger partial charge in [-0.15, -0.1) is 24.0 Å².